The van der Waals surface area contributed by atoms with E-state index in [4.69, 9.17) is 9.47 Å². The van der Waals surface area contributed by atoms with Crippen LogP contribution in [0.3, 0.4) is 0 Å². The van der Waals surface area contributed by atoms with Gasteiger partial charge in [0, 0.05) is 12.6 Å². The topological polar surface area (TPSA) is 76.7 Å². The van der Waals surface area contributed by atoms with Crippen molar-refractivity contribution in [3.63, 3.8) is 0 Å². The average molecular weight is 328 g/mol. The van der Waals surface area contributed by atoms with Gasteiger partial charge in [-0.1, -0.05) is 29.8 Å². The molecule has 2 N–H and O–H groups in total. The fourth-order valence-corrected chi connectivity index (χ4v) is 2.05. The Balaban J connectivity index is 1.96. The van der Waals surface area contributed by atoms with Gasteiger partial charge in [-0.2, -0.15) is 0 Å². The van der Waals surface area contributed by atoms with Crippen LogP contribution in [0, 0.1) is 6.92 Å². The molecule has 0 radical (unpaired) electrons. The lowest BCUT2D eigenvalue weighted by Crippen LogP contribution is -2.35. The molecule has 0 aliphatic heterocycles. The Morgan fingerprint density at radius 3 is 2.29 bits per heavy atom. The van der Waals surface area contributed by atoms with Crippen molar-refractivity contribution in [1.82, 2.24) is 5.32 Å². The van der Waals surface area contributed by atoms with Gasteiger partial charge in [-0.05, 0) is 24.6 Å². The average Bonchev–Trinajstić information content (AvgIpc) is 2.61. The van der Waals surface area contributed by atoms with E-state index in [1.54, 1.807) is 18.2 Å². The molecule has 6 heteroatoms. The van der Waals surface area contributed by atoms with Crippen molar-refractivity contribution in [1.29, 1.82) is 0 Å². The number of aryl methyl sites for hydroxylation is 1. The number of carbonyl (C=O) groups is 2. The smallest absolute Gasteiger partial charge is 0.313 e. The summed E-state index contributed by atoms with van der Waals surface area (Å²) < 4.78 is 10.3. The molecule has 0 saturated heterocycles. The molecule has 2 aromatic carbocycles. The number of hydrogen-bond donors (Lipinski definition) is 2. The van der Waals surface area contributed by atoms with Crippen LogP contribution in [-0.2, 0) is 16.1 Å². The van der Waals surface area contributed by atoms with Crippen molar-refractivity contribution < 1.29 is 19.1 Å². The number of hydrogen-bond acceptors (Lipinski definition) is 4. The molecule has 2 aromatic rings. The van der Waals surface area contributed by atoms with E-state index in [9.17, 15) is 9.59 Å². The van der Waals surface area contributed by atoms with Crippen molar-refractivity contribution in [2.24, 2.45) is 0 Å². The maximum atomic E-state index is 12.0. The van der Waals surface area contributed by atoms with Gasteiger partial charge in [-0.25, -0.2) is 0 Å². The number of nitrogens with one attached hydrogen (secondary N) is 2. The SMILES string of the molecule is COc1ccc(NC(=O)C(=O)NCc2ccc(C)cc2)c(OC)c1. The van der Waals surface area contributed by atoms with E-state index in [0.29, 0.717) is 17.2 Å². The molecule has 6 nitrogen and oxygen atoms in total. The third-order valence-corrected chi connectivity index (χ3v) is 3.44. The fraction of sp³-hybridized carbons (Fsp3) is 0.222. The summed E-state index contributed by atoms with van der Waals surface area (Å²) in [5, 5.41) is 5.11. The molecule has 0 saturated carbocycles. The monoisotopic (exact) mass is 328 g/mol. The summed E-state index contributed by atoms with van der Waals surface area (Å²) in [4.78, 5) is 23.9. The van der Waals surface area contributed by atoms with E-state index < -0.39 is 11.8 Å². The van der Waals surface area contributed by atoms with Crippen molar-refractivity contribution in [3.05, 3.63) is 53.6 Å². The Morgan fingerprint density at radius 1 is 0.958 bits per heavy atom. The molecule has 0 aromatic heterocycles. The van der Waals surface area contributed by atoms with E-state index in [0.717, 1.165) is 11.1 Å². The first-order valence-electron chi connectivity index (χ1n) is 7.40. The summed E-state index contributed by atoms with van der Waals surface area (Å²) in [6, 6.07) is 12.6. The van der Waals surface area contributed by atoms with Gasteiger partial charge in [-0.15, -0.1) is 0 Å². The largest absolute Gasteiger partial charge is 0.497 e. The molecular weight excluding hydrogens is 308 g/mol. The minimum atomic E-state index is -0.759. The summed E-state index contributed by atoms with van der Waals surface area (Å²) >= 11 is 0. The predicted molar refractivity (Wildman–Crippen MR) is 91.2 cm³/mol. The Bertz CT molecular complexity index is 726. The van der Waals surface area contributed by atoms with Crippen LogP contribution >= 0.6 is 0 Å². The second kappa shape index (κ2) is 8.01. The van der Waals surface area contributed by atoms with E-state index in [1.165, 1.54) is 14.2 Å². The third-order valence-electron chi connectivity index (χ3n) is 3.44. The molecule has 2 amide bonds. The number of amides is 2. The van der Waals surface area contributed by atoms with Crippen LogP contribution in [0.2, 0.25) is 0 Å². The van der Waals surface area contributed by atoms with Crippen LogP contribution in [-0.4, -0.2) is 26.0 Å². The van der Waals surface area contributed by atoms with Gasteiger partial charge in [0.05, 0.1) is 19.9 Å². The number of methoxy groups -OCH3 is 2. The lowest BCUT2D eigenvalue weighted by Gasteiger charge is -2.11. The zero-order chi connectivity index (χ0) is 17.5. The summed E-state index contributed by atoms with van der Waals surface area (Å²) in [5.41, 5.74) is 2.45. The van der Waals surface area contributed by atoms with Crippen LogP contribution in [0.5, 0.6) is 11.5 Å². The first kappa shape index (κ1) is 17.3. The summed E-state index contributed by atoms with van der Waals surface area (Å²) in [6.07, 6.45) is 0. The Hall–Kier alpha value is -3.02. The number of benzene rings is 2. The molecule has 0 bridgehead atoms. The van der Waals surface area contributed by atoms with Crippen molar-refractivity contribution in [2.75, 3.05) is 19.5 Å². The molecule has 0 fully saturated rings. The van der Waals surface area contributed by atoms with Gasteiger partial charge in [0.25, 0.3) is 0 Å². The Kier molecular flexibility index (Phi) is 5.78. The number of rotatable bonds is 5. The van der Waals surface area contributed by atoms with E-state index in [-0.39, 0.29) is 6.54 Å². The van der Waals surface area contributed by atoms with Gasteiger partial charge >= 0.3 is 11.8 Å². The molecule has 0 unspecified atom stereocenters. The molecule has 2 rings (SSSR count). The standard InChI is InChI=1S/C18H20N2O4/c1-12-4-6-13(7-5-12)11-19-17(21)18(22)20-15-9-8-14(23-2)10-16(15)24-3/h4-10H,11H2,1-3H3,(H,19,21)(H,20,22). The van der Waals surface area contributed by atoms with E-state index in [1.807, 2.05) is 31.2 Å². The summed E-state index contributed by atoms with van der Waals surface area (Å²) in [6.45, 7) is 2.27. The minimum absolute atomic E-state index is 0.284. The zero-order valence-electron chi connectivity index (χ0n) is 13.9. The normalized spacial score (nSPS) is 9.96. The van der Waals surface area contributed by atoms with E-state index >= 15 is 0 Å². The number of anilines is 1. The van der Waals surface area contributed by atoms with Gasteiger partial charge in [0.1, 0.15) is 11.5 Å². The maximum absolute atomic E-state index is 12.0. The lowest BCUT2D eigenvalue weighted by molar-refractivity contribution is -0.136. The zero-order valence-corrected chi connectivity index (χ0v) is 13.9. The van der Waals surface area contributed by atoms with Crippen molar-refractivity contribution >= 4 is 17.5 Å². The van der Waals surface area contributed by atoms with Crippen LogP contribution in [0.25, 0.3) is 0 Å². The molecule has 0 spiro atoms. The molecule has 0 aliphatic rings. The first-order chi connectivity index (χ1) is 11.5. The van der Waals surface area contributed by atoms with Gasteiger partial charge in [0.2, 0.25) is 0 Å². The molecule has 0 aliphatic carbocycles. The fourth-order valence-electron chi connectivity index (χ4n) is 2.05. The highest BCUT2D eigenvalue weighted by molar-refractivity contribution is 6.39. The Morgan fingerprint density at radius 2 is 1.67 bits per heavy atom. The van der Waals surface area contributed by atoms with Crippen LogP contribution in [0.1, 0.15) is 11.1 Å². The van der Waals surface area contributed by atoms with Crippen LogP contribution < -0.4 is 20.1 Å². The van der Waals surface area contributed by atoms with Gasteiger partial charge in [0.15, 0.2) is 0 Å². The maximum Gasteiger partial charge on any atom is 0.313 e. The second-order valence-electron chi connectivity index (χ2n) is 5.19. The van der Waals surface area contributed by atoms with E-state index in [2.05, 4.69) is 10.6 Å². The number of ether oxygens (including phenoxy) is 2. The van der Waals surface area contributed by atoms with Crippen LogP contribution in [0.15, 0.2) is 42.5 Å². The quantitative estimate of drug-likeness (QED) is 0.826. The highest BCUT2D eigenvalue weighted by Gasteiger charge is 2.16. The molecule has 0 atom stereocenters. The molecule has 126 valence electrons. The summed E-state index contributed by atoms with van der Waals surface area (Å²) in [7, 11) is 3.01. The van der Waals surface area contributed by atoms with Gasteiger partial charge < -0.3 is 20.1 Å². The summed E-state index contributed by atoms with van der Waals surface area (Å²) in [5.74, 6) is -0.471. The van der Waals surface area contributed by atoms with Crippen molar-refractivity contribution in [3.8, 4) is 11.5 Å². The van der Waals surface area contributed by atoms with Crippen LogP contribution in [0.4, 0.5) is 5.69 Å². The molecule has 0 heterocycles. The number of carbonyl (C=O) groups excluding carboxylic acids is 2. The molecule has 24 heavy (non-hydrogen) atoms. The highest BCUT2D eigenvalue weighted by atomic mass is 16.5. The minimum Gasteiger partial charge on any atom is -0.497 e. The second-order valence-corrected chi connectivity index (χ2v) is 5.19. The van der Waals surface area contributed by atoms with Crippen molar-refractivity contribution in [2.45, 2.75) is 13.5 Å². The third kappa shape index (κ3) is 4.49. The van der Waals surface area contributed by atoms with Gasteiger partial charge in [-0.3, -0.25) is 9.59 Å². The highest BCUT2D eigenvalue weighted by Crippen LogP contribution is 2.28. The Labute approximate surface area is 140 Å². The molecular formula is C18H20N2O4. The lowest BCUT2D eigenvalue weighted by atomic mass is 10.1. The predicted octanol–water partition coefficient (Wildman–Crippen LogP) is 2.27. The first-order valence-corrected chi connectivity index (χ1v) is 7.40.